The van der Waals surface area contributed by atoms with E-state index in [-0.39, 0.29) is 5.75 Å². The number of aryl methyl sites for hydroxylation is 1. The third kappa shape index (κ3) is 1.91. The number of aromatic nitrogens is 1. The van der Waals surface area contributed by atoms with Gasteiger partial charge in [-0.1, -0.05) is 6.92 Å². The first kappa shape index (κ1) is 9.84. The Labute approximate surface area is 78.6 Å². The van der Waals surface area contributed by atoms with Gasteiger partial charge in [0.2, 0.25) is 11.4 Å². The van der Waals surface area contributed by atoms with Gasteiger partial charge in [0.05, 0.1) is 7.11 Å². The van der Waals surface area contributed by atoms with Crippen molar-refractivity contribution >= 4 is 0 Å². The number of ether oxygens (including phenoxy) is 1. The smallest absolute Gasteiger partial charge is 0.226 e. The average molecular weight is 182 g/mol. The molecule has 0 saturated heterocycles. The van der Waals surface area contributed by atoms with E-state index >= 15 is 0 Å². The van der Waals surface area contributed by atoms with Crippen molar-refractivity contribution in [3.63, 3.8) is 0 Å². The number of hydrogen-bond donors (Lipinski definition) is 1. The average Bonchev–Trinajstić information content (AvgIpc) is 2.14. The quantitative estimate of drug-likeness (QED) is 0.717. The topological polar surface area (TPSA) is 33.3 Å². The van der Waals surface area contributed by atoms with Gasteiger partial charge in [0.1, 0.15) is 6.54 Å². The molecule has 3 heteroatoms. The van der Waals surface area contributed by atoms with Crippen molar-refractivity contribution in [2.24, 2.45) is 0 Å². The third-order valence-electron chi connectivity index (χ3n) is 2.10. The number of aromatic hydroxyl groups is 1. The summed E-state index contributed by atoms with van der Waals surface area (Å²) in [7, 11) is 1.55. The Kier molecular flexibility index (Phi) is 3.12. The summed E-state index contributed by atoms with van der Waals surface area (Å²) in [6.07, 6.45) is 2.98. The molecule has 0 saturated carbocycles. The molecule has 3 nitrogen and oxygen atoms in total. The molecule has 1 aromatic heterocycles. The highest BCUT2D eigenvalue weighted by atomic mass is 16.5. The minimum Gasteiger partial charge on any atom is -0.500 e. The Morgan fingerprint density at radius 2 is 2.23 bits per heavy atom. The van der Waals surface area contributed by atoms with Crippen LogP contribution in [0.25, 0.3) is 0 Å². The largest absolute Gasteiger partial charge is 0.500 e. The second kappa shape index (κ2) is 4.12. The van der Waals surface area contributed by atoms with Crippen LogP contribution >= 0.6 is 0 Å². The first-order chi connectivity index (χ1) is 6.20. The molecule has 1 rings (SSSR count). The van der Waals surface area contributed by atoms with Crippen LogP contribution in [0.15, 0.2) is 12.3 Å². The SMILES string of the molecule is CCC[n+]1ccc(OC)c(O)c1C. The number of methoxy groups -OCH3 is 1. The summed E-state index contributed by atoms with van der Waals surface area (Å²) >= 11 is 0. The highest BCUT2D eigenvalue weighted by Crippen LogP contribution is 2.25. The van der Waals surface area contributed by atoms with Crippen molar-refractivity contribution in [2.75, 3.05) is 7.11 Å². The van der Waals surface area contributed by atoms with Crippen molar-refractivity contribution in [3.8, 4) is 11.5 Å². The fraction of sp³-hybridized carbons (Fsp3) is 0.500. The summed E-state index contributed by atoms with van der Waals surface area (Å²) in [5.74, 6) is 0.767. The van der Waals surface area contributed by atoms with E-state index in [1.165, 1.54) is 0 Å². The number of rotatable bonds is 3. The van der Waals surface area contributed by atoms with Gasteiger partial charge in [0.25, 0.3) is 0 Å². The van der Waals surface area contributed by atoms with E-state index < -0.39 is 0 Å². The van der Waals surface area contributed by atoms with Gasteiger partial charge in [0.15, 0.2) is 11.9 Å². The van der Waals surface area contributed by atoms with Gasteiger partial charge >= 0.3 is 0 Å². The zero-order chi connectivity index (χ0) is 9.84. The second-order valence-corrected chi connectivity index (χ2v) is 3.01. The first-order valence-corrected chi connectivity index (χ1v) is 4.46. The molecule has 72 valence electrons. The van der Waals surface area contributed by atoms with Crippen LogP contribution < -0.4 is 9.30 Å². The minimum absolute atomic E-state index is 0.235. The van der Waals surface area contributed by atoms with Crippen molar-refractivity contribution in [1.82, 2.24) is 0 Å². The summed E-state index contributed by atoms with van der Waals surface area (Å²) in [6, 6.07) is 1.78. The lowest BCUT2D eigenvalue weighted by Gasteiger charge is -2.05. The summed E-state index contributed by atoms with van der Waals surface area (Å²) in [4.78, 5) is 0. The van der Waals surface area contributed by atoms with Crippen LogP contribution in [0, 0.1) is 6.92 Å². The molecule has 0 aliphatic heterocycles. The maximum atomic E-state index is 9.66. The van der Waals surface area contributed by atoms with Gasteiger partial charge < -0.3 is 9.84 Å². The lowest BCUT2D eigenvalue weighted by atomic mass is 10.3. The molecule has 0 unspecified atom stereocenters. The van der Waals surface area contributed by atoms with Crippen LogP contribution in [-0.4, -0.2) is 12.2 Å². The van der Waals surface area contributed by atoms with E-state index in [1.807, 2.05) is 17.7 Å². The van der Waals surface area contributed by atoms with Crippen molar-refractivity contribution in [1.29, 1.82) is 0 Å². The molecule has 0 fully saturated rings. The van der Waals surface area contributed by atoms with Gasteiger partial charge in [-0.3, -0.25) is 0 Å². The molecule has 0 bridgehead atoms. The Morgan fingerprint density at radius 3 is 2.77 bits per heavy atom. The van der Waals surface area contributed by atoms with Gasteiger partial charge in [-0.15, -0.1) is 0 Å². The first-order valence-electron chi connectivity index (χ1n) is 4.46. The van der Waals surface area contributed by atoms with Crippen molar-refractivity contribution < 1.29 is 14.4 Å². The Balaban J connectivity index is 3.07. The molecule has 0 aromatic carbocycles. The zero-order valence-electron chi connectivity index (χ0n) is 8.37. The summed E-state index contributed by atoms with van der Waals surface area (Å²) in [6.45, 7) is 4.91. The fourth-order valence-electron chi connectivity index (χ4n) is 1.31. The van der Waals surface area contributed by atoms with E-state index in [1.54, 1.807) is 13.2 Å². The molecule has 1 N–H and O–H groups in total. The van der Waals surface area contributed by atoms with Gasteiger partial charge in [-0.25, -0.2) is 0 Å². The van der Waals surface area contributed by atoms with E-state index in [0.29, 0.717) is 5.75 Å². The predicted molar refractivity (Wildman–Crippen MR) is 49.9 cm³/mol. The number of hydrogen-bond acceptors (Lipinski definition) is 2. The van der Waals surface area contributed by atoms with Crippen molar-refractivity contribution in [3.05, 3.63) is 18.0 Å². The second-order valence-electron chi connectivity index (χ2n) is 3.01. The van der Waals surface area contributed by atoms with E-state index in [2.05, 4.69) is 6.92 Å². The lowest BCUT2D eigenvalue weighted by Crippen LogP contribution is -2.36. The van der Waals surface area contributed by atoms with Crippen LogP contribution in [0.1, 0.15) is 19.0 Å². The molecule has 0 spiro atoms. The Hall–Kier alpha value is -1.25. The number of pyridine rings is 1. The van der Waals surface area contributed by atoms with Crippen LogP contribution in [0.2, 0.25) is 0 Å². The van der Waals surface area contributed by atoms with E-state index in [4.69, 9.17) is 4.74 Å². The molecular formula is C10H16NO2+. The normalized spacial score (nSPS) is 10.1. The van der Waals surface area contributed by atoms with Gasteiger partial charge in [-0.05, 0) is 0 Å². The van der Waals surface area contributed by atoms with Gasteiger partial charge in [-0.2, -0.15) is 4.57 Å². The monoisotopic (exact) mass is 182 g/mol. The Bertz CT molecular complexity index is 297. The molecule has 0 radical (unpaired) electrons. The maximum absolute atomic E-state index is 9.66. The number of nitrogens with zero attached hydrogens (tertiary/aromatic N) is 1. The van der Waals surface area contributed by atoms with Crippen LogP contribution in [0.5, 0.6) is 11.5 Å². The molecule has 13 heavy (non-hydrogen) atoms. The summed E-state index contributed by atoms with van der Waals surface area (Å²) in [5, 5.41) is 9.66. The fourth-order valence-corrected chi connectivity index (χ4v) is 1.31. The highest BCUT2D eigenvalue weighted by Gasteiger charge is 2.14. The highest BCUT2D eigenvalue weighted by molar-refractivity contribution is 5.37. The molecule has 0 amide bonds. The molecular weight excluding hydrogens is 166 g/mol. The minimum atomic E-state index is 0.235. The zero-order valence-corrected chi connectivity index (χ0v) is 8.37. The van der Waals surface area contributed by atoms with Gasteiger partial charge in [0, 0.05) is 19.4 Å². The van der Waals surface area contributed by atoms with Crippen molar-refractivity contribution in [2.45, 2.75) is 26.8 Å². The standard InChI is InChI=1S/C10H15NO2/c1-4-6-11-7-5-9(13-3)10(12)8(11)2/h5,7H,4,6H2,1-3H3/p+1. The molecule has 0 aliphatic rings. The van der Waals surface area contributed by atoms with Crippen LogP contribution in [0.4, 0.5) is 0 Å². The molecule has 0 atom stereocenters. The predicted octanol–water partition coefficient (Wildman–Crippen LogP) is 1.41. The molecule has 1 heterocycles. The van der Waals surface area contributed by atoms with Crippen LogP contribution in [-0.2, 0) is 6.54 Å². The molecule has 1 aromatic rings. The van der Waals surface area contributed by atoms with E-state index in [0.717, 1.165) is 18.7 Å². The van der Waals surface area contributed by atoms with E-state index in [9.17, 15) is 5.11 Å². The third-order valence-corrected chi connectivity index (χ3v) is 2.10. The summed E-state index contributed by atoms with van der Waals surface area (Å²) < 4.78 is 7.01. The molecule has 0 aliphatic carbocycles. The lowest BCUT2D eigenvalue weighted by molar-refractivity contribution is -0.703. The Morgan fingerprint density at radius 1 is 1.54 bits per heavy atom. The maximum Gasteiger partial charge on any atom is 0.226 e. The van der Waals surface area contributed by atoms with Crippen LogP contribution in [0.3, 0.4) is 0 Å². The summed E-state index contributed by atoms with van der Waals surface area (Å²) in [5.41, 5.74) is 0.848.